The third kappa shape index (κ3) is 6.01. The maximum Gasteiger partial charge on any atom is 0.416 e. The van der Waals surface area contributed by atoms with Gasteiger partial charge in [0.15, 0.2) is 11.5 Å². The van der Waals surface area contributed by atoms with Crippen LogP contribution in [-0.4, -0.2) is 35.1 Å². The van der Waals surface area contributed by atoms with Crippen LogP contribution in [0.1, 0.15) is 5.56 Å². The van der Waals surface area contributed by atoms with Crippen LogP contribution in [0.25, 0.3) is 0 Å². The van der Waals surface area contributed by atoms with Gasteiger partial charge >= 0.3 is 6.18 Å². The van der Waals surface area contributed by atoms with Crippen molar-refractivity contribution in [2.24, 2.45) is 0 Å². The summed E-state index contributed by atoms with van der Waals surface area (Å²) in [7, 11) is -1.57. The molecular weight excluding hydrogens is 492 g/mol. The van der Waals surface area contributed by atoms with Gasteiger partial charge in [-0.1, -0.05) is 6.07 Å². The number of carbonyl (C=O) groups is 1. The lowest BCUT2D eigenvalue weighted by Gasteiger charge is -2.15. The molecular formula is C23H20F4N2O5S. The number of hydrogen-bond donors (Lipinski definition) is 2. The van der Waals surface area contributed by atoms with Crippen molar-refractivity contribution in [3.8, 4) is 11.5 Å². The van der Waals surface area contributed by atoms with E-state index in [1.54, 1.807) is 0 Å². The zero-order valence-corrected chi connectivity index (χ0v) is 19.3. The second kappa shape index (κ2) is 10.2. The van der Waals surface area contributed by atoms with Crippen molar-refractivity contribution in [2.45, 2.75) is 16.0 Å². The fraction of sp³-hybridized carbons (Fsp3) is 0.174. The normalized spacial score (nSPS) is 11.6. The first-order valence-electron chi connectivity index (χ1n) is 9.93. The maximum absolute atomic E-state index is 14.0. The van der Waals surface area contributed by atoms with E-state index >= 15 is 0 Å². The Morgan fingerprint density at radius 1 is 0.943 bits per heavy atom. The van der Waals surface area contributed by atoms with Gasteiger partial charge in [-0.05, 0) is 48.5 Å². The smallest absolute Gasteiger partial charge is 0.416 e. The Kier molecular flexibility index (Phi) is 7.54. The minimum atomic E-state index is -4.58. The summed E-state index contributed by atoms with van der Waals surface area (Å²) in [5.41, 5.74) is -1.12. The van der Waals surface area contributed by atoms with E-state index in [4.69, 9.17) is 9.47 Å². The molecule has 2 N–H and O–H groups in total. The van der Waals surface area contributed by atoms with Crippen molar-refractivity contribution < 1.29 is 40.2 Å². The highest BCUT2D eigenvalue weighted by Crippen LogP contribution is 2.34. The van der Waals surface area contributed by atoms with Crippen molar-refractivity contribution in [3.63, 3.8) is 0 Å². The quantitative estimate of drug-likeness (QED) is 0.424. The molecule has 1 amide bonds. The zero-order valence-electron chi connectivity index (χ0n) is 18.4. The van der Waals surface area contributed by atoms with E-state index in [2.05, 4.69) is 10.6 Å². The van der Waals surface area contributed by atoms with E-state index in [0.717, 1.165) is 36.4 Å². The monoisotopic (exact) mass is 512 g/mol. The largest absolute Gasteiger partial charge is 0.493 e. The molecule has 0 atom stereocenters. The SMILES string of the molecule is COc1ccc(S(=O)(=O)c2cc(F)ccc2NCC(=O)Nc2cccc(C(F)(F)F)c2)cc1OC. The fourth-order valence-corrected chi connectivity index (χ4v) is 4.59. The van der Waals surface area contributed by atoms with Gasteiger partial charge in [-0.2, -0.15) is 13.2 Å². The van der Waals surface area contributed by atoms with Crippen molar-refractivity contribution in [1.82, 2.24) is 0 Å². The first-order chi connectivity index (χ1) is 16.5. The summed E-state index contributed by atoms with van der Waals surface area (Å²) in [6, 6.07) is 10.8. The second-order valence-corrected chi connectivity index (χ2v) is 9.06. The molecule has 0 aliphatic carbocycles. The van der Waals surface area contributed by atoms with Crippen LogP contribution in [0.2, 0.25) is 0 Å². The number of alkyl halides is 3. The van der Waals surface area contributed by atoms with Gasteiger partial charge in [-0.3, -0.25) is 4.79 Å². The van der Waals surface area contributed by atoms with E-state index in [1.165, 1.54) is 38.5 Å². The molecule has 0 saturated heterocycles. The van der Waals surface area contributed by atoms with Crippen molar-refractivity contribution in [2.75, 3.05) is 31.4 Å². The number of nitrogens with one attached hydrogen (secondary N) is 2. The number of benzene rings is 3. The predicted octanol–water partition coefficient (Wildman–Crippen LogP) is 4.75. The highest BCUT2D eigenvalue weighted by Gasteiger charge is 2.30. The lowest BCUT2D eigenvalue weighted by atomic mass is 10.2. The molecule has 0 spiro atoms. The third-order valence-electron chi connectivity index (χ3n) is 4.81. The zero-order chi connectivity index (χ0) is 25.8. The molecule has 0 aliphatic rings. The van der Waals surface area contributed by atoms with E-state index in [9.17, 15) is 30.8 Å². The number of ether oxygens (including phenoxy) is 2. The van der Waals surface area contributed by atoms with Crippen LogP contribution in [0.3, 0.4) is 0 Å². The van der Waals surface area contributed by atoms with Gasteiger partial charge in [0.1, 0.15) is 5.82 Å². The number of hydrogen-bond acceptors (Lipinski definition) is 6. The first kappa shape index (κ1) is 25.8. The molecule has 3 aromatic carbocycles. The van der Waals surface area contributed by atoms with Crippen LogP contribution in [-0.2, 0) is 20.8 Å². The Hall–Kier alpha value is -3.80. The van der Waals surface area contributed by atoms with Gasteiger partial charge in [0.05, 0.1) is 41.8 Å². The number of amides is 1. The van der Waals surface area contributed by atoms with E-state index in [1.807, 2.05) is 0 Å². The van der Waals surface area contributed by atoms with Crippen LogP contribution in [0, 0.1) is 5.82 Å². The molecule has 35 heavy (non-hydrogen) atoms. The lowest BCUT2D eigenvalue weighted by Crippen LogP contribution is -2.23. The van der Waals surface area contributed by atoms with Crippen LogP contribution in [0.5, 0.6) is 11.5 Å². The van der Waals surface area contributed by atoms with Gasteiger partial charge in [0.2, 0.25) is 15.7 Å². The maximum atomic E-state index is 14.0. The number of anilines is 2. The molecule has 0 unspecified atom stereocenters. The Bertz CT molecular complexity index is 1340. The van der Waals surface area contributed by atoms with Crippen LogP contribution >= 0.6 is 0 Å². The van der Waals surface area contributed by atoms with E-state index in [-0.39, 0.29) is 27.8 Å². The summed E-state index contributed by atoms with van der Waals surface area (Å²) < 4.78 is 89.2. The summed E-state index contributed by atoms with van der Waals surface area (Å²) in [6.45, 7) is -0.504. The molecule has 0 fully saturated rings. The van der Waals surface area contributed by atoms with Crippen molar-refractivity contribution in [3.05, 3.63) is 72.0 Å². The first-order valence-corrected chi connectivity index (χ1v) is 11.4. The van der Waals surface area contributed by atoms with Crippen LogP contribution in [0.4, 0.5) is 28.9 Å². The number of methoxy groups -OCH3 is 2. The van der Waals surface area contributed by atoms with Crippen LogP contribution < -0.4 is 20.1 Å². The molecule has 12 heteroatoms. The molecule has 0 heterocycles. The molecule has 0 radical (unpaired) electrons. The lowest BCUT2D eigenvalue weighted by molar-refractivity contribution is -0.137. The fourth-order valence-electron chi connectivity index (χ4n) is 3.13. The standard InChI is InChI=1S/C23H20F4N2O5S/c1-33-19-9-7-17(12-20(19)34-2)35(31,32)21-11-15(24)6-8-18(21)28-13-22(30)29-16-5-3-4-14(10-16)23(25,26)27/h3-12,28H,13H2,1-2H3,(H,29,30). The summed E-state index contributed by atoms with van der Waals surface area (Å²) in [6.07, 6.45) is -4.58. The number of sulfone groups is 1. The highest BCUT2D eigenvalue weighted by atomic mass is 32.2. The van der Waals surface area contributed by atoms with Gasteiger partial charge in [0, 0.05) is 11.8 Å². The van der Waals surface area contributed by atoms with Gasteiger partial charge in [-0.25, -0.2) is 12.8 Å². The van der Waals surface area contributed by atoms with E-state index in [0.29, 0.717) is 0 Å². The van der Waals surface area contributed by atoms with Crippen LogP contribution in [0.15, 0.2) is 70.5 Å². The number of halogens is 4. The summed E-state index contributed by atoms with van der Waals surface area (Å²) >= 11 is 0. The topological polar surface area (TPSA) is 93.7 Å². The van der Waals surface area contributed by atoms with Gasteiger partial charge < -0.3 is 20.1 Å². The number of carbonyl (C=O) groups excluding carboxylic acids is 1. The molecule has 186 valence electrons. The number of rotatable bonds is 8. The Labute approximate surface area is 198 Å². The average molecular weight is 512 g/mol. The summed E-state index contributed by atoms with van der Waals surface area (Å²) in [4.78, 5) is 11.6. The molecule has 0 saturated carbocycles. The summed E-state index contributed by atoms with van der Waals surface area (Å²) in [5.74, 6) is -1.15. The van der Waals surface area contributed by atoms with Gasteiger partial charge in [-0.15, -0.1) is 0 Å². The minimum Gasteiger partial charge on any atom is -0.493 e. The predicted molar refractivity (Wildman–Crippen MR) is 120 cm³/mol. The van der Waals surface area contributed by atoms with Gasteiger partial charge in [0.25, 0.3) is 0 Å². The Morgan fingerprint density at radius 2 is 1.66 bits per heavy atom. The third-order valence-corrected chi connectivity index (χ3v) is 6.60. The Balaban J connectivity index is 1.83. The van der Waals surface area contributed by atoms with E-state index < -0.39 is 44.7 Å². The second-order valence-electron chi connectivity index (χ2n) is 7.14. The van der Waals surface area contributed by atoms with Crippen molar-refractivity contribution in [1.29, 1.82) is 0 Å². The molecule has 7 nitrogen and oxygen atoms in total. The molecule has 0 aliphatic heterocycles. The highest BCUT2D eigenvalue weighted by molar-refractivity contribution is 7.91. The van der Waals surface area contributed by atoms with Crippen molar-refractivity contribution >= 4 is 27.1 Å². The molecule has 0 aromatic heterocycles. The Morgan fingerprint density at radius 3 is 2.31 bits per heavy atom. The molecule has 3 aromatic rings. The molecule has 0 bridgehead atoms. The average Bonchev–Trinajstić information content (AvgIpc) is 2.82. The summed E-state index contributed by atoms with van der Waals surface area (Å²) in [5, 5.41) is 4.89. The minimum absolute atomic E-state index is 0.0830. The molecule has 3 rings (SSSR count).